The topological polar surface area (TPSA) is 171 Å². The van der Waals surface area contributed by atoms with Crippen LogP contribution in [0.5, 0.6) is 5.88 Å². The molecule has 0 spiro atoms. The van der Waals surface area contributed by atoms with Crippen molar-refractivity contribution < 1.29 is 23.8 Å². The van der Waals surface area contributed by atoms with Gasteiger partial charge in [-0.1, -0.05) is 15.9 Å². The fourth-order valence-corrected chi connectivity index (χ4v) is 9.69. The van der Waals surface area contributed by atoms with Crippen LogP contribution in [0.25, 0.3) is 11.1 Å². The number of hydrogen-bond donors (Lipinski definition) is 4. The second-order valence-electron chi connectivity index (χ2n) is 17.4. The molecule has 2 saturated heterocycles. The van der Waals surface area contributed by atoms with Crippen LogP contribution >= 0.6 is 15.9 Å². The Morgan fingerprint density at radius 2 is 1.15 bits per heavy atom. The molecular weight excluding hydrogens is 915 g/mol. The summed E-state index contributed by atoms with van der Waals surface area (Å²) in [6.45, 7) is 20.8. The number of halogens is 1. The molecular formula is C52H66BrN7O7. The van der Waals surface area contributed by atoms with Gasteiger partial charge in [-0.25, -0.2) is 4.98 Å². The first-order chi connectivity index (χ1) is 32.1. The van der Waals surface area contributed by atoms with Crippen LogP contribution in [0.2, 0.25) is 0 Å². The van der Waals surface area contributed by atoms with Gasteiger partial charge in [0.15, 0.2) is 0 Å². The van der Waals surface area contributed by atoms with E-state index in [1.165, 1.54) is 0 Å². The number of nitrogens with one attached hydrogen (secondary N) is 4. The number of carbonyl (C=O) groups is 2. The SMILES string of the molecule is CCN(c1cc(-c2ccc(OC)nc2)cc(C(=O)NCc2c(C)cc(C)[nH]c2=O)c1C)C1CCOCC1.CCN(c1cc(Br)cc(C(=O)NCc2c(C)cc(C)[nH]c2=O)c1C)C1CCOCC1. The highest BCUT2D eigenvalue weighted by Gasteiger charge is 2.27. The predicted octanol–water partition coefficient (Wildman–Crippen LogP) is 8.30. The van der Waals surface area contributed by atoms with Crippen molar-refractivity contribution >= 4 is 39.1 Å². The summed E-state index contributed by atoms with van der Waals surface area (Å²) in [5.74, 6) is 0.132. The van der Waals surface area contributed by atoms with Crippen molar-refractivity contribution in [3.63, 3.8) is 0 Å². The summed E-state index contributed by atoms with van der Waals surface area (Å²) >= 11 is 3.58. The molecule has 0 aliphatic carbocycles. The van der Waals surface area contributed by atoms with Gasteiger partial charge in [-0.2, -0.15) is 0 Å². The van der Waals surface area contributed by atoms with E-state index in [0.717, 1.165) is 126 Å². The number of aromatic amines is 2. The van der Waals surface area contributed by atoms with E-state index >= 15 is 0 Å². The van der Waals surface area contributed by atoms with Crippen LogP contribution in [0.3, 0.4) is 0 Å². The van der Waals surface area contributed by atoms with Crippen molar-refractivity contribution in [2.75, 3.05) is 56.4 Å². The molecule has 0 saturated carbocycles. The van der Waals surface area contributed by atoms with Gasteiger partial charge in [0.2, 0.25) is 5.88 Å². The number of amides is 2. The number of rotatable bonds is 14. The molecule has 2 aliphatic rings. The molecule has 358 valence electrons. The van der Waals surface area contributed by atoms with Crippen molar-refractivity contribution in [3.05, 3.63) is 136 Å². The van der Waals surface area contributed by atoms with Crippen LogP contribution in [0, 0.1) is 41.5 Å². The Morgan fingerprint density at radius 3 is 1.57 bits per heavy atom. The van der Waals surface area contributed by atoms with Crippen LogP contribution in [-0.4, -0.2) is 85.5 Å². The van der Waals surface area contributed by atoms with Crippen molar-refractivity contribution in [2.24, 2.45) is 0 Å². The zero-order valence-corrected chi connectivity index (χ0v) is 42.0. The Balaban J connectivity index is 0.000000226. The smallest absolute Gasteiger partial charge is 0.253 e. The summed E-state index contributed by atoms with van der Waals surface area (Å²) in [5.41, 5.74) is 11.1. The number of hydrogen-bond acceptors (Lipinski definition) is 10. The number of ether oxygens (including phenoxy) is 3. The maximum atomic E-state index is 13.6. The second kappa shape index (κ2) is 23.3. The highest BCUT2D eigenvalue weighted by Crippen LogP contribution is 2.35. The van der Waals surface area contributed by atoms with Crippen LogP contribution in [0.1, 0.15) is 105 Å². The van der Waals surface area contributed by atoms with Gasteiger partial charge in [0.25, 0.3) is 22.9 Å². The number of aryl methyl sites for hydroxylation is 4. The van der Waals surface area contributed by atoms with Crippen LogP contribution in [-0.2, 0) is 22.6 Å². The first kappa shape index (κ1) is 50.6. The number of benzene rings is 2. The lowest BCUT2D eigenvalue weighted by atomic mass is 9.95. The number of nitrogens with zero attached hydrogens (tertiary/aromatic N) is 3. The Hall–Kier alpha value is -5.77. The van der Waals surface area contributed by atoms with E-state index in [0.29, 0.717) is 40.2 Å². The molecule has 14 nitrogen and oxygen atoms in total. The minimum Gasteiger partial charge on any atom is -0.481 e. The Labute approximate surface area is 402 Å². The lowest BCUT2D eigenvalue weighted by molar-refractivity contribution is 0.0845. The summed E-state index contributed by atoms with van der Waals surface area (Å²) in [5, 5.41) is 5.91. The van der Waals surface area contributed by atoms with Gasteiger partial charge in [-0.05, 0) is 151 Å². The summed E-state index contributed by atoms with van der Waals surface area (Å²) < 4.78 is 17.2. The summed E-state index contributed by atoms with van der Waals surface area (Å²) in [6.07, 6.45) is 5.61. The number of pyridine rings is 3. The zero-order chi connectivity index (χ0) is 48.4. The van der Waals surface area contributed by atoms with Gasteiger partial charge < -0.3 is 44.6 Å². The number of anilines is 2. The summed E-state index contributed by atoms with van der Waals surface area (Å²) in [7, 11) is 1.59. The van der Waals surface area contributed by atoms with Gasteiger partial charge in [-0.15, -0.1) is 0 Å². The normalized spacial score (nSPS) is 14.2. The average Bonchev–Trinajstić information content (AvgIpc) is 3.31. The van der Waals surface area contributed by atoms with Crippen molar-refractivity contribution in [1.29, 1.82) is 0 Å². The minimum atomic E-state index is -0.218. The van der Waals surface area contributed by atoms with E-state index in [-0.39, 0.29) is 36.0 Å². The standard InChI is InChI=1S/C29H36N4O4.C23H30BrN3O3/c1-6-33(23-9-11-37-12-10-23)26-15-22(21-7-8-27(36-5)30-16-21)14-24(20(26)4)28(34)31-17-25-18(2)13-19(3)32-29(25)35;1-5-27(18-6-8-30-9-7-18)21-12-17(24)11-19(16(21)4)22(28)25-13-20-14(2)10-15(3)26-23(20)29/h7-8,13-16,23H,6,9-12,17H2,1-5H3,(H,31,34)(H,32,35);10-12,18H,5-9,13H2,1-4H3,(H,25,28)(H,26,29). The van der Waals surface area contributed by atoms with Crippen LogP contribution < -0.4 is 36.3 Å². The van der Waals surface area contributed by atoms with Gasteiger partial charge >= 0.3 is 0 Å². The molecule has 5 heterocycles. The fourth-order valence-electron chi connectivity index (χ4n) is 9.24. The minimum absolute atomic E-state index is 0.154. The fraction of sp³-hybridized carbons (Fsp3) is 0.442. The van der Waals surface area contributed by atoms with Gasteiger partial charge in [0.1, 0.15) is 0 Å². The quantitative estimate of drug-likeness (QED) is 0.0849. The molecule has 2 aromatic carbocycles. The highest BCUT2D eigenvalue weighted by molar-refractivity contribution is 9.10. The molecule has 2 fully saturated rings. The molecule has 0 atom stereocenters. The molecule has 0 radical (unpaired) electrons. The Bertz CT molecular complexity index is 2650. The third-order valence-electron chi connectivity index (χ3n) is 12.9. The number of aromatic nitrogens is 3. The van der Waals surface area contributed by atoms with Crippen LogP contribution in [0.15, 0.2) is 68.8 Å². The van der Waals surface area contributed by atoms with E-state index in [2.05, 4.69) is 77.3 Å². The first-order valence-electron chi connectivity index (χ1n) is 23.2. The molecule has 0 unspecified atom stereocenters. The van der Waals surface area contributed by atoms with E-state index in [1.54, 1.807) is 13.3 Å². The van der Waals surface area contributed by atoms with Crippen molar-refractivity contribution in [3.8, 4) is 17.0 Å². The van der Waals surface area contributed by atoms with Crippen molar-refractivity contribution in [1.82, 2.24) is 25.6 Å². The summed E-state index contributed by atoms with van der Waals surface area (Å²) in [6, 6.07) is 16.3. The molecule has 7 rings (SSSR count). The Kier molecular flexibility index (Phi) is 17.6. The maximum Gasteiger partial charge on any atom is 0.253 e. The van der Waals surface area contributed by atoms with E-state index < -0.39 is 0 Å². The largest absolute Gasteiger partial charge is 0.481 e. The Morgan fingerprint density at radius 1 is 0.687 bits per heavy atom. The van der Waals surface area contributed by atoms with Gasteiger partial charge in [0.05, 0.1) is 7.11 Å². The van der Waals surface area contributed by atoms with Gasteiger partial charge in [-0.3, -0.25) is 19.2 Å². The summed E-state index contributed by atoms with van der Waals surface area (Å²) in [4.78, 5) is 66.1. The molecule has 2 amide bonds. The lowest BCUT2D eigenvalue weighted by Crippen LogP contribution is -2.40. The molecule has 67 heavy (non-hydrogen) atoms. The predicted molar refractivity (Wildman–Crippen MR) is 269 cm³/mol. The third-order valence-corrected chi connectivity index (χ3v) is 13.4. The second-order valence-corrected chi connectivity index (χ2v) is 18.3. The lowest BCUT2D eigenvalue weighted by Gasteiger charge is -2.37. The molecule has 2 aliphatic heterocycles. The van der Waals surface area contributed by atoms with Crippen LogP contribution in [0.4, 0.5) is 11.4 Å². The van der Waals surface area contributed by atoms with E-state index in [9.17, 15) is 19.2 Å². The molecule has 3 aromatic heterocycles. The first-order valence-corrected chi connectivity index (χ1v) is 24.0. The van der Waals surface area contributed by atoms with Crippen molar-refractivity contribution in [2.45, 2.75) is 106 Å². The average molecular weight is 981 g/mol. The number of methoxy groups -OCH3 is 1. The number of H-pyrrole nitrogens is 2. The molecule has 15 heteroatoms. The zero-order valence-electron chi connectivity index (χ0n) is 40.4. The number of carbonyl (C=O) groups excluding carboxylic acids is 2. The molecule has 4 N–H and O–H groups in total. The van der Waals surface area contributed by atoms with Gasteiger partial charge in [0, 0.05) is 132 Å². The monoisotopic (exact) mass is 979 g/mol. The molecule has 5 aromatic rings. The van der Waals surface area contributed by atoms with E-state index in [1.807, 2.05) is 77.9 Å². The third kappa shape index (κ3) is 12.4. The molecule has 0 bridgehead atoms. The maximum absolute atomic E-state index is 13.6. The van der Waals surface area contributed by atoms with E-state index in [4.69, 9.17) is 14.2 Å². The highest BCUT2D eigenvalue weighted by atomic mass is 79.9.